The van der Waals surface area contributed by atoms with Crippen molar-refractivity contribution in [2.75, 3.05) is 5.32 Å². The molecule has 1 heterocycles. The van der Waals surface area contributed by atoms with E-state index in [2.05, 4.69) is 27.9 Å². The number of hydrogen-bond acceptors (Lipinski definition) is 2. The standard InChI is InChI=1S/C13H12INO2/c1-8-3-4-10(7-11(8)15-9(2)16)12-5-6-13(14)17-12/h3-7H,1-2H3,(H,15,16). The molecule has 0 aliphatic carbocycles. The predicted molar refractivity (Wildman–Crippen MR) is 75.9 cm³/mol. The van der Waals surface area contributed by atoms with Gasteiger partial charge in [0, 0.05) is 18.2 Å². The average molecular weight is 341 g/mol. The molecule has 0 saturated heterocycles. The summed E-state index contributed by atoms with van der Waals surface area (Å²) >= 11 is 2.13. The van der Waals surface area contributed by atoms with Crippen LogP contribution in [-0.4, -0.2) is 5.91 Å². The zero-order chi connectivity index (χ0) is 12.4. The first-order chi connectivity index (χ1) is 8.06. The summed E-state index contributed by atoms with van der Waals surface area (Å²) in [5.74, 6) is 0.736. The number of amides is 1. The van der Waals surface area contributed by atoms with E-state index in [-0.39, 0.29) is 5.91 Å². The fraction of sp³-hybridized carbons (Fsp3) is 0.154. The molecule has 0 radical (unpaired) electrons. The zero-order valence-electron chi connectivity index (χ0n) is 9.58. The number of nitrogens with one attached hydrogen (secondary N) is 1. The lowest BCUT2D eigenvalue weighted by atomic mass is 10.1. The molecule has 2 rings (SSSR count). The van der Waals surface area contributed by atoms with Crippen LogP contribution in [0.4, 0.5) is 5.69 Å². The molecular weight excluding hydrogens is 329 g/mol. The number of anilines is 1. The largest absolute Gasteiger partial charge is 0.450 e. The third-order valence-corrected chi connectivity index (χ3v) is 2.99. The third kappa shape index (κ3) is 2.88. The number of halogens is 1. The maximum absolute atomic E-state index is 11.1. The van der Waals surface area contributed by atoms with Crippen molar-refractivity contribution in [2.24, 2.45) is 0 Å². The molecule has 1 aromatic carbocycles. The van der Waals surface area contributed by atoms with Gasteiger partial charge < -0.3 is 9.73 Å². The summed E-state index contributed by atoms with van der Waals surface area (Å²) in [6.45, 7) is 3.46. The van der Waals surface area contributed by atoms with Gasteiger partial charge in [0.25, 0.3) is 0 Å². The van der Waals surface area contributed by atoms with Crippen molar-refractivity contribution in [2.45, 2.75) is 13.8 Å². The molecule has 0 unspecified atom stereocenters. The van der Waals surface area contributed by atoms with Gasteiger partial charge in [-0.25, -0.2) is 0 Å². The maximum Gasteiger partial charge on any atom is 0.221 e. The van der Waals surface area contributed by atoms with Gasteiger partial charge >= 0.3 is 0 Å². The SMILES string of the molecule is CC(=O)Nc1cc(-c2ccc(I)o2)ccc1C. The van der Waals surface area contributed by atoms with Gasteiger partial charge in [0.05, 0.1) is 0 Å². The molecule has 0 atom stereocenters. The molecule has 1 amide bonds. The lowest BCUT2D eigenvalue weighted by Gasteiger charge is -2.07. The van der Waals surface area contributed by atoms with Crippen LogP contribution in [0.3, 0.4) is 0 Å². The first-order valence-corrected chi connectivity index (χ1v) is 6.28. The lowest BCUT2D eigenvalue weighted by Crippen LogP contribution is -2.07. The second kappa shape index (κ2) is 4.91. The smallest absolute Gasteiger partial charge is 0.221 e. The maximum atomic E-state index is 11.1. The molecule has 1 N–H and O–H groups in total. The summed E-state index contributed by atoms with van der Waals surface area (Å²) in [5, 5.41) is 2.81. The van der Waals surface area contributed by atoms with Crippen LogP contribution in [0.5, 0.6) is 0 Å². The van der Waals surface area contributed by atoms with Gasteiger partial charge in [-0.1, -0.05) is 12.1 Å². The van der Waals surface area contributed by atoms with Gasteiger partial charge in [-0.3, -0.25) is 4.79 Å². The quantitative estimate of drug-likeness (QED) is 0.844. The highest BCUT2D eigenvalue weighted by Crippen LogP contribution is 2.27. The van der Waals surface area contributed by atoms with E-state index in [0.717, 1.165) is 26.3 Å². The molecule has 17 heavy (non-hydrogen) atoms. The van der Waals surface area contributed by atoms with E-state index < -0.39 is 0 Å². The van der Waals surface area contributed by atoms with Crippen molar-refractivity contribution in [3.63, 3.8) is 0 Å². The van der Waals surface area contributed by atoms with Crippen molar-refractivity contribution in [1.29, 1.82) is 0 Å². The van der Waals surface area contributed by atoms with Gasteiger partial charge in [-0.05, 0) is 53.3 Å². The highest BCUT2D eigenvalue weighted by atomic mass is 127. The first kappa shape index (κ1) is 12.2. The van der Waals surface area contributed by atoms with Crippen LogP contribution in [0.2, 0.25) is 0 Å². The van der Waals surface area contributed by atoms with Gasteiger partial charge in [0.2, 0.25) is 5.91 Å². The summed E-state index contributed by atoms with van der Waals surface area (Å²) < 4.78 is 6.39. The van der Waals surface area contributed by atoms with Gasteiger partial charge in [0.1, 0.15) is 5.76 Å². The second-order valence-electron chi connectivity index (χ2n) is 3.81. The fourth-order valence-corrected chi connectivity index (χ4v) is 1.99. The van der Waals surface area contributed by atoms with E-state index in [1.54, 1.807) is 0 Å². The minimum absolute atomic E-state index is 0.0701. The van der Waals surface area contributed by atoms with Crippen LogP contribution in [0, 0.1) is 10.7 Å². The van der Waals surface area contributed by atoms with E-state index >= 15 is 0 Å². The van der Waals surface area contributed by atoms with Crippen molar-refractivity contribution in [3.8, 4) is 11.3 Å². The Morgan fingerprint density at radius 3 is 2.65 bits per heavy atom. The number of hydrogen-bond donors (Lipinski definition) is 1. The van der Waals surface area contributed by atoms with E-state index in [1.165, 1.54) is 6.92 Å². The van der Waals surface area contributed by atoms with Gasteiger partial charge in [0.15, 0.2) is 3.77 Å². The molecule has 1 aromatic heterocycles. The first-order valence-electron chi connectivity index (χ1n) is 5.20. The summed E-state index contributed by atoms with van der Waals surface area (Å²) in [6.07, 6.45) is 0. The molecule has 0 bridgehead atoms. The summed E-state index contributed by atoms with van der Waals surface area (Å²) in [7, 11) is 0. The zero-order valence-corrected chi connectivity index (χ0v) is 11.7. The Hall–Kier alpha value is -1.30. The predicted octanol–water partition coefficient (Wildman–Crippen LogP) is 3.82. The van der Waals surface area contributed by atoms with Crippen LogP contribution >= 0.6 is 22.6 Å². The van der Waals surface area contributed by atoms with Crippen LogP contribution in [0.1, 0.15) is 12.5 Å². The Kier molecular flexibility index (Phi) is 3.51. The topological polar surface area (TPSA) is 42.2 Å². The van der Waals surface area contributed by atoms with Crippen LogP contribution in [0.15, 0.2) is 34.7 Å². The fourth-order valence-electron chi connectivity index (χ4n) is 1.57. The number of aryl methyl sites for hydroxylation is 1. The van der Waals surface area contributed by atoms with Crippen LogP contribution in [0.25, 0.3) is 11.3 Å². The molecule has 3 nitrogen and oxygen atoms in total. The monoisotopic (exact) mass is 341 g/mol. The summed E-state index contributed by atoms with van der Waals surface area (Å²) in [4.78, 5) is 11.1. The minimum Gasteiger partial charge on any atom is -0.450 e. The van der Waals surface area contributed by atoms with E-state index in [4.69, 9.17) is 4.42 Å². The molecule has 0 saturated carbocycles. The number of carbonyl (C=O) groups is 1. The van der Waals surface area contributed by atoms with E-state index in [1.807, 2.05) is 37.3 Å². The lowest BCUT2D eigenvalue weighted by molar-refractivity contribution is -0.114. The molecular formula is C13H12INO2. The number of benzene rings is 1. The molecule has 2 aromatic rings. The Labute approximate surface area is 113 Å². The van der Waals surface area contributed by atoms with Crippen molar-refractivity contribution in [3.05, 3.63) is 39.7 Å². The van der Waals surface area contributed by atoms with E-state index in [0.29, 0.717) is 0 Å². The van der Waals surface area contributed by atoms with Gasteiger partial charge in [-0.15, -0.1) is 0 Å². The molecule has 0 spiro atoms. The van der Waals surface area contributed by atoms with Crippen molar-refractivity contribution >= 4 is 34.2 Å². The van der Waals surface area contributed by atoms with Crippen LogP contribution < -0.4 is 5.32 Å². The normalized spacial score (nSPS) is 10.3. The van der Waals surface area contributed by atoms with Crippen molar-refractivity contribution in [1.82, 2.24) is 0 Å². The highest BCUT2D eigenvalue weighted by molar-refractivity contribution is 14.1. The highest BCUT2D eigenvalue weighted by Gasteiger charge is 2.06. The number of furan rings is 1. The number of carbonyl (C=O) groups excluding carboxylic acids is 1. The Morgan fingerprint density at radius 2 is 2.06 bits per heavy atom. The molecule has 0 aliphatic heterocycles. The molecule has 88 valence electrons. The molecule has 0 aliphatic rings. The third-order valence-electron chi connectivity index (χ3n) is 2.41. The van der Waals surface area contributed by atoms with Crippen molar-refractivity contribution < 1.29 is 9.21 Å². The average Bonchev–Trinajstić information content (AvgIpc) is 2.67. The summed E-state index contributed by atoms with van der Waals surface area (Å²) in [6, 6.07) is 9.70. The summed E-state index contributed by atoms with van der Waals surface area (Å²) in [5.41, 5.74) is 2.81. The molecule has 4 heteroatoms. The second-order valence-corrected chi connectivity index (χ2v) is 4.88. The Morgan fingerprint density at radius 1 is 1.29 bits per heavy atom. The van der Waals surface area contributed by atoms with E-state index in [9.17, 15) is 4.79 Å². The van der Waals surface area contributed by atoms with Crippen LogP contribution in [-0.2, 0) is 4.79 Å². The molecule has 0 fully saturated rings. The number of rotatable bonds is 2. The minimum atomic E-state index is -0.0701. The Balaban J connectivity index is 2.40. The Bertz CT molecular complexity index is 560. The van der Waals surface area contributed by atoms with Gasteiger partial charge in [-0.2, -0.15) is 0 Å².